The van der Waals surface area contributed by atoms with Crippen LogP contribution < -0.4 is 5.32 Å². The second-order valence-corrected chi connectivity index (χ2v) is 6.44. The molecule has 1 unspecified atom stereocenters. The Morgan fingerprint density at radius 3 is 2.33 bits per heavy atom. The van der Waals surface area contributed by atoms with Gasteiger partial charge in [-0.05, 0) is 37.1 Å². The number of rotatable bonds is 9. The van der Waals surface area contributed by atoms with Crippen molar-refractivity contribution in [2.75, 3.05) is 26.2 Å². The Morgan fingerprint density at radius 1 is 1.22 bits per heavy atom. The molecule has 0 radical (unpaired) electrons. The van der Waals surface area contributed by atoms with Crippen LogP contribution in [0.15, 0.2) is 0 Å². The van der Waals surface area contributed by atoms with Crippen molar-refractivity contribution in [3.63, 3.8) is 0 Å². The maximum Gasteiger partial charge on any atom is 0.0601 e. The average molecular weight is 250 g/mol. The van der Waals surface area contributed by atoms with Gasteiger partial charge in [-0.15, -0.1) is 6.42 Å². The van der Waals surface area contributed by atoms with Crippen LogP contribution in [0.25, 0.3) is 0 Å². The van der Waals surface area contributed by atoms with Gasteiger partial charge in [-0.3, -0.25) is 4.90 Å². The van der Waals surface area contributed by atoms with E-state index in [4.69, 9.17) is 6.42 Å². The van der Waals surface area contributed by atoms with Crippen molar-refractivity contribution in [1.29, 1.82) is 0 Å². The SMILES string of the molecule is C#CCN(CC1CC1)C(CNCC(C)C)C(C)C. The molecule has 0 spiro atoms. The van der Waals surface area contributed by atoms with E-state index < -0.39 is 0 Å². The zero-order valence-electron chi connectivity index (χ0n) is 12.6. The lowest BCUT2D eigenvalue weighted by atomic mass is 10.0. The highest BCUT2D eigenvalue weighted by atomic mass is 15.2. The first-order valence-corrected chi connectivity index (χ1v) is 7.42. The summed E-state index contributed by atoms with van der Waals surface area (Å²) in [4.78, 5) is 2.51. The Balaban J connectivity index is 2.46. The first-order valence-electron chi connectivity index (χ1n) is 7.42. The van der Waals surface area contributed by atoms with E-state index in [-0.39, 0.29) is 0 Å². The van der Waals surface area contributed by atoms with E-state index in [0.717, 1.165) is 25.6 Å². The van der Waals surface area contributed by atoms with Crippen LogP contribution in [-0.2, 0) is 0 Å². The van der Waals surface area contributed by atoms with Crippen LogP contribution in [0.4, 0.5) is 0 Å². The third-order valence-corrected chi connectivity index (χ3v) is 3.63. The zero-order valence-corrected chi connectivity index (χ0v) is 12.6. The van der Waals surface area contributed by atoms with Crippen LogP contribution in [0.1, 0.15) is 40.5 Å². The fourth-order valence-corrected chi connectivity index (χ4v) is 2.37. The second kappa shape index (κ2) is 7.81. The molecular weight excluding hydrogens is 220 g/mol. The molecule has 1 rings (SSSR count). The molecule has 0 heterocycles. The number of hydrogen-bond donors (Lipinski definition) is 1. The summed E-state index contributed by atoms with van der Waals surface area (Å²) in [6.07, 6.45) is 8.32. The van der Waals surface area contributed by atoms with Crippen LogP contribution in [0.5, 0.6) is 0 Å². The predicted octanol–water partition coefficient (Wildman–Crippen LogP) is 2.60. The van der Waals surface area contributed by atoms with Gasteiger partial charge < -0.3 is 5.32 Å². The average Bonchev–Trinajstić information content (AvgIpc) is 3.07. The van der Waals surface area contributed by atoms with Gasteiger partial charge in [-0.25, -0.2) is 0 Å². The van der Waals surface area contributed by atoms with E-state index in [1.165, 1.54) is 19.4 Å². The van der Waals surface area contributed by atoms with E-state index in [1.807, 2.05) is 0 Å². The van der Waals surface area contributed by atoms with Crippen molar-refractivity contribution in [1.82, 2.24) is 10.2 Å². The molecule has 1 atom stereocenters. The first-order chi connectivity index (χ1) is 8.54. The molecule has 1 saturated carbocycles. The molecule has 0 bridgehead atoms. The zero-order chi connectivity index (χ0) is 13.5. The lowest BCUT2D eigenvalue weighted by molar-refractivity contribution is 0.162. The summed E-state index contributed by atoms with van der Waals surface area (Å²) in [6.45, 7) is 13.2. The highest BCUT2D eigenvalue weighted by molar-refractivity contribution is 4.93. The van der Waals surface area contributed by atoms with Crippen LogP contribution >= 0.6 is 0 Å². The Labute approximate surface area is 114 Å². The lowest BCUT2D eigenvalue weighted by Gasteiger charge is -2.33. The summed E-state index contributed by atoms with van der Waals surface area (Å²) < 4.78 is 0. The van der Waals surface area contributed by atoms with Gasteiger partial charge in [0, 0.05) is 19.1 Å². The Morgan fingerprint density at radius 2 is 1.89 bits per heavy atom. The topological polar surface area (TPSA) is 15.3 Å². The molecule has 1 aliphatic carbocycles. The summed E-state index contributed by atoms with van der Waals surface area (Å²) in [5, 5.41) is 3.59. The number of hydrogen-bond acceptors (Lipinski definition) is 2. The monoisotopic (exact) mass is 250 g/mol. The second-order valence-electron chi connectivity index (χ2n) is 6.44. The molecule has 0 aromatic carbocycles. The van der Waals surface area contributed by atoms with Crippen LogP contribution in [-0.4, -0.2) is 37.1 Å². The largest absolute Gasteiger partial charge is 0.315 e. The predicted molar refractivity (Wildman–Crippen MR) is 79.5 cm³/mol. The molecule has 0 aliphatic heterocycles. The van der Waals surface area contributed by atoms with Crippen molar-refractivity contribution < 1.29 is 0 Å². The molecule has 2 nitrogen and oxygen atoms in total. The molecule has 0 aromatic rings. The Kier molecular flexibility index (Phi) is 6.75. The molecule has 0 amide bonds. The minimum Gasteiger partial charge on any atom is -0.315 e. The van der Waals surface area contributed by atoms with Crippen molar-refractivity contribution in [3.8, 4) is 12.3 Å². The quantitative estimate of drug-likeness (QED) is 0.633. The van der Waals surface area contributed by atoms with Crippen molar-refractivity contribution >= 4 is 0 Å². The van der Waals surface area contributed by atoms with Gasteiger partial charge in [-0.2, -0.15) is 0 Å². The number of nitrogens with one attached hydrogen (secondary N) is 1. The van der Waals surface area contributed by atoms with Crippen molar-refractivity contribution in [2.45, 2.75) is 46.6 Å². The minimum atomic E-state index is 0.570. The van der Waals surface area contributed by atoms with Crippen LogP contribution in [0, 0.1) is 30.1 Å². The Bertz CT molecular complexity index is 261. The fraction of sp³-hybridized carbons (Fsp3) is 0.875. The third kappa shape index (κ3) is 5.89. The molecule has 0 saturated heterocycles. The molecule has 1 N–H and O–H groups in total. The summed E-state index contributed by atoms with van der Waals surface area (Å²) in [5.41, 5.74) is 0. The molecule has 18 heavy (non-hydrogen) atoms. The highest BCUT2D eigenvalue weighted by Gasteiger charge is 2.28. The van der Waals surface area contributed by atoms with E-state index in [1.54, 1.807) is 0 Å². The van der Waals surface area contributed by atoms with Gasteiger partial charge in [0.2, 0.25) is 0 Å². The van der Waals surface area contributed by atoms with E-state index in [9.17, 15) is 0 Å². The van der Waals surface area contributed by atoms with E-state index in [2.05, 4.69) is 43.8 Å². The van der Waals surface area contributed by atoms with Gasteiger partial charge in [0.05, 0.1) is 6.54 Å². The number of nitrogens with zero attached hydrogens (tertiary/aromatic N) is 1. The highest BCUT2D eigenvalue weighted by Crippen LogP contribution is 2.30. The molecule has 104 valence electrons. The first kappa shape index (κ1) is 15.5. The molecule has 0 aromatic heterocycles. The van der Waals surface area contributed by atoms with Gasteiger partial charge in [0.15, 0.2) is 0 Å². The lowest BCUT2D eigenvalue weighted by Crippen LogP contribution is -2.47. The van der Waals surface area contributed by atoms with Gasteiger partial charge in [0.1, 0.15) is 0 Å². The van der Waals surface area contributed by atoms with Gasteiger partial charge >= 0.3 is 0 Å². The van der Waals surface area contributed by atoms with Crippen molar-refractivity contribution in [3.05, 3.63) is 0 Å². The Hall–Kier alpha value is -0.520. The van der Waals surface area contributed by atoms with E-state index >= 15 is 0 Å². The van der Waals surface area contributed by atoms with Gasteiger partial charge in [-0.1, -0.05) is 33.6 Å². The number of terminal acetylenes is 1. The fourth-order valence-electron chi connectivity index (χ4n) is 2.37. The van der Waals surface area contributed by atoms with Gasteiger partial charge in [0.25, 0.3) is 0 Å². The smallest absolute Gasteiger partial charge is 0.0601 e. The summed E-state index contributed by atoms with van der Waals surface area (Å²) in [5.74, 6) is 5.10. The molecular formula is C16H30N2. The minimum absolute atomic E-state index is 0.570. The van der Waals surface area contributed by atoms with Crippen LogP contribution in [0.2, 0.25) is 0 Å². The summed E-state index contributed by atoms with van der Waals surface area (Å²) >= 11 is 0. The normalized spacial score (nSPS) is 17.4. The summed E-state index contributed by atoms with van der Waals surface area (Å²) in [7, 11) is 0. The maximum atomic E-state index is 5.53. The maximum absolute atomic E-state index is 5.53. The molecule has 1 fully saturated rings. The molecule has 1 aliphatic rings. The third-order valence-electron chi connectivity index (χ3n) is 3.63. The standard InChI is InChI=1S/C16H30N2/c1-6-9-18(12-15-7-8-15)16(14(4)5)11-17-10-13(2)3/h1,13-17H,7-12H2,2-5H3. The van der Waals surface area contributed by atoms with Crippen molar-refractivity contribution in [2.24, 2.45) is 17.8 Å². The molecule has 2 heteroatoms. The summed E-state index contributed by atoms with van der Waals surface area (Å²) in [6, 6.07) is 0.570. The van der Waals surface area contributed by atoms with E-state index in [0.29, 0.717) is 17.9 Å². The van der Waals surface area contributed by atoms with Crippen LogP contribution in [0.3, 0.4) is 0 Å².